The molecule has 0 heteroatoms. The minimum Gasteiger partial charge on any atom is -0.0654 e. The van der Waals surface area contributed by atoms with E-state index in [1.165, 1.54) is 103 Å². The van der Waals surface area contributed by atoms with Crippen LogP contribution < -0.4 is 0 Å². The van der Waals surface area contributed by atoms with Crippen LogP contribution in [0.1, 0.15) is 127 Å². The normalized spacial score (nSPS) is 13.2. The van der Waals surface area contributed by atoms with Crippen LogP contribution in [-0.4, -0.2) is 0 Å². The van der Waals surface area contributed by atoms with Crippen LogP contribution in [0.4, 0.5) is 0 Å². The van der Waals surface area contributed by atoms with Gasteiger partial charge in [-0.1, -0.05) is 140 Å². The lowest BCUT2D eigenvalue weighted by Crippen LogP contribution is -2.02. The molecule has 0 N–H and O–H groups in total. The van der Waals surface area contributed by atoms with E-state index >= 15 is 0 Å². The molecule has 2 unspecified atom stereocenters. The van der Waals surface area contributed by atoms with Gasteiger partial charge < -0.3 is 0 Å². The Morgan fingerprint density at radius 3 is 1.12 bits per heavy atom. The Bertz CT molecular complexity index is 693. The smallest absolute Gasteiger partial charge is 0.0235 e. The van der Waals surface area contributed by atoms with E-state index in [4.69, 9.17) is 0 Å². The highest BCUT2D eigenvalue weighted by Crippen LogP contribution is 2.22. The van der Waals surface area contributed by atoms with Crippen LogP contribution in [0.15, 0.2) is 48.5 Å². The Morgan fingerprint density at radius 2 is 0.765 bits per heavy atom. The summed E-state index contributed by atoms with van der Waals surface area (Å²) in [6.07, 6.45) is 21.3. The maximum Gasteiger partial charge on any atom is -0.0235 e. The van der Waals surface area contributed by atoms with E-state index < -0.39 is 0 Å². The molecule has 2 aromatic rings. The van der Waals surface area contributed by atoms with E-state index in [2.05, 4.69) is 76.2 Å². The molecule has 34 heavy (non-hydrogen) atoms. The minimum absolute atomic E-state index is 0.875. The molecule has 0 nitrogen and oxygen atoms in total. The second-order valence-corrected chi connectivity index (χ2v) is 11.0. The average Bonchev–Trinajstić information content (AvgIpc) is 2.84. The van der Waals surface area contributed by atoms with Gasteiger partial charge in [0.25, 0.3) is 0 Å². The number of aryl methyl sites for hydroxylation is 4. The summed E-state index contributed by atoms with van der Waals surface area (Å²) in [7, 11) is 0. The van der Waals surface area contributed by atoms with Gasteiger partial charge in [0, 0.05) is 0 Å². The molecule has 2 rings (SSSR count). The molecule has 0 fully saturated rings. The van der Waals surface area contributed by atoms with Crippen molar-refractivity contribution in [3.05, 3.63) is 70.8 Å². The Hall–Kier alpha value is -1.56. The molecule has 0 amide bonds. The van der Waals surface area contributed by atoms with Crippen LogP contribution in [0.5, 0.6) is 0 Å². The summed E-state index contributed by atoms with van der Waals surface area (Å²) >= 11 is 0. The van der Waals surface area contributed by atoms with Gasteiger partial charge in [-0.05, 0) is 72.6 Å². The van der Waals surface area contributed by atoms with E-state index in [1.807, 2.05) is 0 Å². The van der Waals surface area contributed by atoms with Gasteiger partial charge in [0.05, 0.1) is 0 Å². The second-order valence-electron chi connectivity index (χ2n) is 11.0. The lowest BCUT2D eigenvalue weighted by atomic mass is 9.91. The highest BCUT2D eigenvalue weighted by Gasteiger charge is 2.08. The summed E-state index contributed by atoms with van der Waals surface area (Å²) in [4.78, 5) is 0. The predicted octanol–water partition coefficient (Wildman–Crippen LogP) is 10.5. The standard InChI is InChI=1S/C34H54/c1-5-7-9-17-29(3)19-15-25-31-21-11-13-23-33(31)27-28-34-24-14-12-22-32(34)26-16-20-30(4)18-10-8-6-2/h11-14,21-24,29-30H,5-10,15-20,25-28H2,1-4H3. The van der Waals surface area contributed by atoms with E-state index in [0.717, 1.165) is 11.8 Å². The molecule has 2 atom stereocenters. The fourth-order valence-corrected chi connectivity index (χ4v) is 5.42. The molecule has 0 saturated heterocycles. The maximum absolute atomic E-state index is 2.45. The van der Waals surface area contributed by atoms with Gasteiger partial charge in [-0.25, -0.2) is 0 Å². The van der Waals surface area contributed by atoms with Gasteiger partial charge in [-0.3, -0.25) is 0 Å². The molecule has 190 valence electrons. The lowest BCUT2D eigenvalue weighted by Gasteiger charge is -2.15. The Morgan fingerprint density at radius 1 is 0.441 bits per heavy atom. The first-order valence-electron chi connectivity index (χ1n) is 14.8. The van der Waals surface area contributed by atoms with Crippen molar-refractivity contribution in [1.82, 2.24) is 0 Å². The fourth-order valence-electron chi connectivity index (χ4n) is 5.42. The summed E-state index contributed by atoms with van der Waals surface area (Å²) in [6, 6.07) is 18.4. The number of unbranched alkanes of at least 4 members (excludes halogenated alkanes) is 4. The van der Waals surface area contributed by atoms with Gasteiger partial charge in [-0.15, -0.1) is 0 Å². The van der Waals surface area contributed by atoms with Crippen molar-refractivity contribution >= 4 is 0 Å². The van der Waals surface area contributed by atoms with Gasteiger partial charge in [0.2, 0.25) is 0 Å². The third-order valence-corrected chi connectivity index (χ3v) is 7.79. The van der Waals surface area contributed by atoms with E-state index in [1.54, 1.807) is 22.3 Å². The maximum atomic E-state index is 2.45. The largest absolute Gasteiger partial charge is 0.0654 e. The first kappa shape index (κ1) is 28.7. The predicted molar refractivity (Wildman–Crippen MR) is 153 cm³/mol. The van der Waals surface area contributed by atoms with Gasteiger partial charge >= 0.3 is 0 Å². The quantitative estimate of drug-likeness (QED) is 0.182. The first-order chi connectivity index (χ1) is 16.6. The molecule has 0 spiro atoms. The van der Waals surface area contributed by atoms with E-state index in [9.17, 15) is 0 Å². The number of hydrogen-bond acceptors (Lipinski definition) is 0. The zero-order chi connectivity index (χ0) is 24.4. The van der Waals surface area contributed by atoms with Crippen LogP contribution in [0.3, 0.4) is 0 Å². The van der Waals surface area contributed by atoms with Crippen LogP contribution in [0.25, 0.3) is 0 Å². The van der Waals surface area contributed by atoms with Crippen molar-refractivity contribution in [2.75, 3.05) is 0 Å². The van der Waals surface area contributed by atoms with Crippen molar-refractivity contribution in [2.24, 2.45) is 11.8 Å². The molecule has 2 aromatic carbocycles. The molecule has 0 radical (unpaired) electrons. The summed E-state index contributed by atoms with van der Waals surface area (Å²) in [5.74, 6) is 1.75. The molecule has 0 aromatic heterocycles. The minimum atomic E-state index is 0.875. The summed E-state index contributed by atoms with van der Waals surface area (Å²) in [5.41, 5.74) is 6.31. The van der Waals surface area contributed by atoms with E-state index in [-0.39, 0.29) is 0 Å². The summed E-state index contributed by atoms with van der Waals surface area (Å²) < 4.78 is 0. The van der Waals surface area contributed by atoms with Gasteiger partial charge in [0.1, 0.15) is 0 Å². The highest BCUT2D eigenvalue weighted by molar-refractivity contribution is 5.31. The lowest BCUT2D eigenvalue weighted by molar-refractivity contribution is 0.450. The zero-order valence-corrected chi connectivity index (χ0v) is 23.1. The molecular weight excluding hydrogens is 408 g/mol. The molecule has 0 saturated carbocycles. The Balaban J connectivity index is 1.82. The Kier molecular flexibility index (Phi) is 15.0. The van der Waals surface area contributed by atoms with Crippen molar-refractivity contribution < 1.29 is 0 Å². The van der Waals surface area contributed by atoms with Crippen LogP contribution in [0, 0.1) is 11.8 Å². The molecular formula is C34H54. The van der Waals surface area contributed by atoms with Crippen LogP contribution in [0.2, 0.25) is 0 Å². The van der Waals surface area contributed by atoms with Crippen molar-refractivity contribution in [3.63, 3.8) is 0 Å². The van der Waals surface area contributed by atoms with Crippen LogP contribution in [-0.2, 0) is 25.7 Å². The molecule has 0 aliphatic carbocycles. The first-order valence-corrected chi connectivity index (χ1v) is 14.8. The van der Waals surface area contributed by atoms with Gasteiger partial charge in [-0.2, -0.15) is 0 Å². The van der Waals surface area contributed by atoms with Crippen molar-refractivity contribution in [1.29, 1.82) is 0 Å². The van der Waals surface area contributed by atoms with E-state index in [0.29, 0.717) is 0 Å². The molecule has 0 bridgehead atoms. The highest BCUT2D eigenvalue weighted by atomic mass is 14.1. The zero-order valence-electron chi connectivity index (χ0n) is 23.1. The van der Waals surface area contributed by atoms with Crippen molar-refractivity contribution in [3.8, 4) is 0 Å². The molecule has 0 aliphatic rings. The number of rotatable bonds is 19. The SMILES string of the molecule is CCCCCC(C)CCCc1ccccc1CCc1ccccc1CCCC(C)CCCCC. The number of benzene rings is 2. The van der Waals surface area contributed by atoms with Crippen LogP contribution >= 0.6 is 0 Å². The average molecular weight is 463 g/mol. The number of hydrogen-bond donors (Lipinski definition) is 0. The monoisotopic (exact) mass is 462 g/mol. The third kappa shape index (κ3) is 11.7. The second kappa shape index (κ2) is 17.8. The fraction of sp³-hybridized carbons (Fsp3) is 0.647. The Labute approximate surface area is 213 Å². The van der Waals surface area contributed by atoms with Gasteiger partial charge in [0.15, 0.2) is 0 Å². The summed E-state index contributed by atoms with van der Waals surface area (Å²) in [6.45, 7) is 9.50. The molecule has 0 aliphatic heterocycles. The molecule has 0 heterocycles. The topological polar surface area (TPSA) is 0 Å². The van der Waals surface area contributed by atoms with Crippen molar-refractivity contribution in [2.45, 2.75) is 130 Å². The summed E-state index contributed by atoms with van der Waals surface area (Å²) in [5, 5.41) is 0. The third-order valence-electron chi connectivity index (χ3n) is 7.79.